The Labute approximate surface area is 109 Å². The summed E-state index contributed by atoms with van der Waals surface area (Å²) >= 11 is 6.13. The lowest BCUT2D eigenvalue weighted by molar-refractivity contribution is 0.476. The molecule has 0 aliphatic heterocycles. The molecule has 2 aromatic carbocycles. The van der Waals surface area contributed by atoms with E-state index in [0.29, 0.717) is 5.02 Å². The number of phenolic OH excluding ortho intramolecular Hbond substituents is 1. The van der Waals surface area contributed by atoms with Gasteiger partial charge in [0.2, 0.25) is 0 Å². The Kier molecular flexibility index (Phi) is 2.65. The van der Waals surface area contributed by atoms with E-state index in [1.165, 1.54) is 0 Å². The second-order valence-corrected chi connectivity index (χ2v) is 4.49. The maximum absolute atomic E-state index is 9.43. The zero-order chi connectivity index (χ0) is 12.5. The first-order chi connectivity index (χ1) is 8.74. The van der Waals surface area contributed by atoms with Crippen LogP contribution in [0.15, 0.2) is 54.7 Å². The van der Waals surface area contributed by atoms with Crippen LogP contribution >= 0.6 is 11.6 Å². The van der Waals surface area contributed by atoms with Gasteiger partial charge in [-0.2, -0.15) is 0 Å². The highest BCUT2D eigenvalue weighted by Crippen LogP contribution is 2.29. The van der Waals surface area contributed by atoms with E-state index >= 15 is 0 Å². The molecule has 1 N–H and O–H groups in total. The molecule has 0 aliphatic carbocycles. The third-order valence-corrected chi connectivity index (χ3v) is 3.16. The number of pyridine rings is 1. The zero-order valence-corrected chi connectivity index (χ0v) is 10.2. The Morgan fingerprint density at radius 3 is 2.56 bits per heavy atom. The SMILES string of the molecule is Oc1ccc2cc(-c3ncccc3Cl)ccc2c1. The molecule has 0 saturated heterocycles. The number of rotatable bonds is 1. The molecule has 0 bridgehead atoms. The van der Waals surface area contributed by atoms with Crippen molar-refractivity contribution in [2.24, 2.45) is 0 Å². The molecule has 1 heterocycles. The van der Waals surface area contributed by atoms with Crippen LogP contribution in [0.5, 0.6) is 5.75 Å². The van der Waals surface area contributed by atoms with E-state index in [1.54, 1.807) is 18.3 Å². The van der Waals surface area contributed by atoms with Crippen LogP contribution in [0.1, 0.15) is 0 Å². The second-order valence-electron chi connectivity index (χ2n) is 4.08. The van der Waals surface area contributed by atoms with Crippen LogP contribution in [0.25, 0.3) is 22.0 Å². The van der Waals surface area contributed by atoms with Crippen LogP contribution in [0.2, 0.25) is 5.02 Å². The van der Waals surface area contributed by atoms with Crippen molar-refractivity contribution in [1.82, 2.24) is 4.98 Å². The molecule has 0 fully saturated rings. The molecule has 0 unspecified atom stereocenters. The summed E-state index contributed by atoms with van der Waals surface area (Å²) in [6.07, 6.45) is 1.72. The second kappa shape index (κ2) is 4.31. The Balaban J connectivity index is 2.20. The summed E-state index contributed by atoms with van der Waals surface area (Å²) in [7, 11) is 0. The third-order valence-electron chi connectivity index (χ3n) is 2.86. The van der Waals surface area contributed by atoms with Gasteiger partial charge in [-0.3, -0.25) is 4.98 Å². The van der Waals surface area contributed by atoms with Crippen LogP contribution in [-0.4, -0.2) is 10.1 Å². The van der Waals surface area contributed by atoms with E-state index in [0.717, 1.165) is 22.0 Å². The molecule has 0 atom stereocenters. The predicted molar refractivity (Wildman–Crippen MR) is 73.9 cm³/mol. The van der Waals surface area contributed by atoms with E-state index in [4.69, 9.17) is 11.6 Å². The summed E-state index contributed by atoms with van der Waals surface area (Å²) in [5, 5.41) is 12.1. The minimum absolute atomic E-state index is 0.270. The lowest BCUT2D eigenvalue weighted by Crippen LogP contribution is -1.84. The first kappa shape index (κ1) is 11.1. The molecule has 0 spiro atoms. The number of hydrogen-bond acceptors (Lipinski definition) is 2. The molecule has 0 amide bonds. The molecular weight excluding hydrogens is 246 g/mol. The summed E-state index contributed by atoms with van der Waals surface area (Å²) in [5.41, 5.74) is 1.74. The lowest BCUT2D eigenvalue weighted by Gasteiger charge is -2.05. The summed E-state index contributed by atoms with van der Waals surface area (Å²) in [5.74, 6) is 0.270. The number of fused-ring (bicyclic) bond motifs is 1. The number of phenols is 1. The van der Waals surface area contributed by atoms with Crippen molar-refractivity contribution in [3.05, 3.63) is 59.8 Å². The van der Waals surface area contributed by atoms with Crippen molar-refractivity contribution < 1.29 is 5.11 Å². The Morgan fingerprint density at radius 1 is 0.944 bits per heavy atom. The van der Waals surface area contributed by atoms with Gasteiger partial charge in [0.05, 0.1) is 10.7 Å². The van der Waals surface area contributed by atoms with Gasteiger partial charge in [-0.1, -0.05) is 29.8 Å². The molecule has 88 valence electrons. The molecule has 0 radical (unpaired) electrons. The molecule has 2 nitrogen and oxygen atoms in total. The topological polar surface area (TPSA) is 33.1 Å². The highest BCUT2D eigenvalue weighted by atomic mass is 35.5. The fourth-order valence-corrected chi connectivity index (χ4v) is 2.21. The van der Waals surface area contributed by atoms with Crippen molar-refractivity contribution in [3.63, 3.8) is 0 Å². The molecule has 18 heavy (non-hydrogen) atoms. The quantitative estimate of drug-likeness (QED) is 0.705. The van der Waals surface area contributed by atoms with Gasteiger partial charge < -0.3 is 5.11 Å². The summed E-state index contributed by atoms with van der Waals surface area (Å²) in [6, 6.07) is 14.8. The first-order valence-electron chi connectivity index (χ1n) is 5.58. The van der Waals surface area contributed by atoms with Crippen molar-refractivity contribution in [2.45, 2.75) is 0 Å². The highest BCUT2D eigenvalue weighted by molar-refractivity contribution is 6.33. The Hall–Kier alpha value is -2.06. The maximum atomic E-state index is 9.43. The zero-order valence-electron chi connectivity index (χ0n) is 9.47. The van der Waals surface area contributed by atoms with Crippen LogP contribution in [0.4, 0.5) is 0 Å². The normalized spacial score (nSPS) is 10.7. The number of nitrogens with zero attached hydrogens (tertiary/aromatic N) is 1. The van der Waals surface area contributed by atoms with Gasteiger partial charge in [-0.15, -0.1) is 0 Å². The first-order valence-corrected chi connectivity index (χ1v) is 5.95. The van der Waals surface area contributed by atoms with E-state index < -0.39 is 0 Å². The minimum atomic E-state index is 0.270. The van der Waals surface area contributed by atoms with E-state index in [9.17, 15) is 5.11 Å². The molecule has 0 aliphatic rings. The minimum Gasteiger partial charge on any atom is -0.508 e. The van der Waals surface area contributed by atoms with Crippen LogP contribution in [-0.2, 0) is 0 Å². The van der Waals surface area contributed by atoms with Gasteiger partial charge in [0, 0.05) is 11.8 Å². The standard InChI is InChI=1S/C15H10ClNO/c16-14-2-1-7-17-15(14)12-4-3-11-9-13(18)6-5-10(11)8-12/h1-9,18H. The van der Waals surface area contributed by atoms with Gasteiger partial charge >= 0.3 is 0 Å². The van der Waals surface area contributed by atoms with E-state index in [2.05, 4.69) is 4.98 Å². The van der Waals surface area contributed by atoms with Crippen molar-refractivity contribution >= 4 is 22.4 Å². The van der Waals surface area contributed by atoms with Gasteiger partial charge in [0.1, 0.15) is 5.75 Å². The molecule has 3 aromatic rings. The van der Waals surface area contributed by atoms with Crippen molar-refractivity contribution in [1.29, 1.82) is 0 Å². The largest absolute Gasteiger partial charge is 0.508 e. The maximum Gasteiger partial charge on any atom is 0.116 e. The monoisotopic (exact) mass is 255 g/mol. The average molecular weight is 256 g/mol. The van der Waals surface area contributed by atoms with E-state index in [-0.39, 0.29) is 5.75 Å². The summed E-state index contributed by atoms with van der Waals surface area (Å²) in [4.78, 5) is 4.29. The molecule has 0 saturated carbocycles. The molecular formula is C15H10ClNO. The number of benzene rings is 2. The summed E-state index contributed by atoms with van der Waals surface area (Å²) in [6.45, 7) is 0. The molecule has 1 aromatic heterocycles. The summed E-state index contributed by atoms with van der Waals surface area (Å²) < 4.78 is 0. The van der Waals surface area contributed by atoms with E-state index in [1.807, 2.05) is 36.4 Å². The Morgan fingerprint density at radius 2 is 1.72 bits per heavy atom. The number of aromatic hydroxyl groups is 1. The highest BCUT2D eigenvalue weighted by Gasteiger charge is 2.05. The van der Waals surface area contributed by atoms with Gasteiger partial charge in [0.15, 0.2) is 0 Å². The Bertz CT molecular complexity index is 725. The average Bonchev–Trinajstić information content (AvgIpc) is 2.39. The van der Waals surface area contributed by atoms with Crippen LogP contribution in [0, 0.1) is 0 Å². The van der Waals surface area contributed by atoms with Crippen molar-refractivity contribution in [2.75, 3.05) is 0 Å². The fraction of sp³-hybridized carbons (Fsp3) is 0. The number of halogens is 1. The molecule has 3 rings (SSSR count). The van der Waals surface area contributed by atoms with Gasteiger partial charge in [-0.25, -0.2) is 0 Å². The van der Waals surface area contributed by atoms with Crippen LogP contribution in [0.3, 0.4) is 0 Å². The number of aromatic nitrogens is 1. The van der Waals surface area contributed by atoms with Crippen LogP contribution < -0.4 is 0 Å². The lowest BCUT2D eigenvalue weighted by atomic mass is 10.0. The fourth-order valence-electron chi connectivity index (χ4n) is 1.98. The smallest absolute Gasteiger partial charge is 0.116 e. The predicted octanol–water partition coefficient (Wildman–Crippen LogP) is 4.26. The molecule has 3 heteroatoms. The number of hydrogen-bond donors (Lipinski definition) is 1. The third kappa shape index (κ3) is 1.91. The van der Waals surface area contributed by atoms with Gasteiger partial charge in [-0.05, 0) is 41.1 Å². The van der Waals surface area contributed by atoms with Crippen molar-refractivity contribution in [3.8, 4) is 17.0 Å². The van der Waals surface area contributed by atoms with Gasteiger partial charge in [0.25, 0.3) is 0 Å².